The van der Waals surface area contributed by atoms with Crippen molar-refractivity contribution >= 4 is 17.2 Å². The molecule has 0 fully saturated rings. The molecule has 0 spiro atoms. The van der Waals surface area contributed by atoms with Gasteiger partial charge in [-0.15, -0.1) is 0 Å². The van der Waals surface area contributed by atoms with Crippen molar-refractivity contribution < 1.29 is 4.79 Å². The summed E-state index contributed by atoms with van der Waals surface area (Å²) in [5, 5.41) is 24.0. The van der Waals surface area contributed by atoms with Gasteiger partial charge in [-0.1, -0.05) is 42.5 Å². The van der Waals surface area contributed by atoms with E-state index in [1.165, 1.54) is 6.20 Å². The molecule has 2 N–H and O–H groups in total. The second-order valence-corrected chi connectivity index (χ2v) is 6.25. The first-order chi connectivity index (χ1) is 13.2. The van der Waals surface area contributed by atoms with E-state index in [-0.39, 0.29) is 17.3 Å². The van der Waals surface area contributed by atoms with Crippen LogP contribution in [0.2, 0.25) is 0 Å². The molecule has 27 heavy (non-hydrogen) atoms. The lowest BCUT2D eigenvalue weighted by molar-refractivity contribution is -0.115. The van der Waals surface area contributed by atoms with Crippen molar-refractivity contribution in [2.24, 2.45) is 0 Å². The molecule has 0 aromatic heterocycles. The lowest BCUT2D eigenvalue weighted by atomic mass is 9.85. The number of nitriles is 2. The largest absolute Gasteiger partial charge is 0.358 e. The SMILES string of the molecule is N#CC(C#N)=CNc1ccccc1NC1=CC(=O)CC(c2ccccc2)C1. The van der Waals surface area contributed by atoms with Crippen molar-refractivity contribution in [3.05, 3.63) is 83.7 Å². The maximum absolute atomic E-state index is 12.2. The molecule has 0 saturated carbocycles. The third-order valence-corrected chi connectivity index (χ3v) is 4.36. The van der Waals surface area contributed by atoms with Crippen LogP contribution in [-0.2, 0) is 4.79 Å². The predicted molar refractivity (Wildman–Crippen MR) is 105 cm³/mol. The minimum Gasteiger partial charge on any atom is -0.358 e. The van der Waals surface area contributed by atoms with Gasteiger partial charge in [0.15, 0.2) is 5.78 Å². The Morgan fingerprint density at radius 3 is 2.33 bits per heavy atom. The van der Waals surface area contributed by atoms with E-state index in [4.69, 9.17) is 10.5 Å². The van der Waals surface area contributed by atoms with Crippen molar-refractivity contribution in [1.29, 1.82) is 10.5 Å². The Labute approximate surface area is 158 Å². The second kappa shape index (κ2) is 8.51. The third-order valence-electron chi connectivity index (χ3n) is 4.36. The zero-order chi connectivity index (χ0) is 19.1. The molecule has 132 valence electrons. The van der Waals surface area contributed by atoms with Crippen LogP contribution in [0.15, 0.2) is 78.1 Å². The van der Waals surface area contributed by atoms with Crippen LogP contribution in [0.4, 0.5) is 11.4 Å². The average molecular weight is 354 g/mol. The zero-order valence-corrected chi connectivity index (χ0v) is 14.6. The molecule has 0 amide bonds. The van der Waals surface area contributed by atoms with E-state index >= 15 is 0 Å². The Bertz CT molecular complexity index is 961. The van der Waals surface area contributed by atoms with E-state index in [2.05, 4.69) is 10.6 Å². The number of anilines is 2. The van der Waals surface area contributed by atoms with Crippen LogP contribution in [0.3, 0.4) is 0 Å². The number of carbonyl (C=O) groups is 1. The summed E-state index contributed by atoms with van der Waals surface area (Å²) in [7, 11) is 0. The number of rotatable bonds is 5. The van der Waals surface area contributed by atoms with Gasteiger partial charge in [0, 0.05) is 24.4 Å². The van der Waals surface area contributed by atoms with Crippen LogP contribution >= 0.6 is 0 Å². The minimum atomic E-state index is -0.0130. The summed E-state index contributed by atoms with van der Waals surface area (Å²) in [5.41, 5.74) is 3.48. The Hall–Kier alpha value is -3.83. The van der Waals surface area contributed by atoms with Gasteiger partial charge in [-0.05, 0) is 30.0 Å². The van der Waals surface area contributed by atoms with Gasteiger partial charge in [-0.2, -0.15) is 10.5 Å². The highest BCUT2D eigenvalue weighted by atomic mass is 16.1. The van der Waals surface area contributed by atoms with E-state index in [1.54, 1.807) is 6.08 Å². The van der Waals surface area contributed by atoms with E-state index in [1.807, 2.05) is 66.7 Å². The summed E-state index contributed by atoms with van der Waals surface area (Å²) >= 11 is 0. The van der Waals surface area contributed by atoms with Crippen LogP contribution in [-0.4, -0.2) is 5.78 Å². The summed E-state index contributed by atoms with van der Waals surface area (Å²) in [5.74, 6) is 0.245. The minimum absolute atomic E-state index is 0.0130. The van der Waals surface area contributed by atoms with Gasteiger partial charge in [-0.25, -0.2) is 0 Å². The number of nitrogens with one attached hydrogen (secondary N) is 2. The highest BCUT2D eigenvalue weighted by molar-refractivity contribution is 5.93. The normalized spacial score (nSPS) is 15.7. The molecule has 5 heteroatoms. The molecule has 0 bridgehead atoms. The molecule has 0 heterocycles. The van der Waals surface area contributed by atoms with Gasteiger partial charge >= 0.3 is 0 Å². The highest BCUT2D eigenvalue weighted by Gasteiger charge is 2.22. The fraction of sp³-hybridized carbons (Fsp3) is 0.136. The molecule has 1 atom stereocenters. The first kappa shape index (κ1) is 18.0. The van der Waals surface area contributed by atoms with Crippen molar-refractivity contribution in [3.8, 4) is 12.1 Å². The Balaban J connectivity index is 1.79. The number of allylic oxidation sites excluding steroid dienone is 3. The quantitative estimate of drug-likeness (QED) is 0.773. The topological polar surface area (TPSA) is 88.7 Å². The fourth-order valence-corrected chi connectivity index (χ4v) is 3.07. The summed E-state index contributed by atoms with van der Waals surface area (Å²) in [6.07, 6.45) is 4.27. The maximum atomic E-state index is 12.2. The Morgan fingerprint density at radius 2 is 1.63 bits per heavy atom. The first-order valence-electron chi connectivity index (χ1n) is 8.61. The summed E-state index contributed by atoms with van der Waals surface area (Å²) in [6, 6.07) is 21.1. The molecule has 2 aromatic rings. The van der Waals surface area contributed by atoms with Gasteiger partial charge in [0.1, 0.15) is 17.7 Å². The molecule has 1 aliphatic carbocycles. The highest BCUT2D eigenvalue weighted by Crippen LogP contribution is 2.33. The van der Waals surface area contributed by atoms with Crippen LogP contribution in [0.25, 0.3) is 0 Å². The number of hydrogen-bond donors (Lipinski definition) is 2. The van der Waals surface area contributed by atoms with Gasteiger partial charge in [0.25, 0.3) is 0 Å². The zero-order valence-electron chi connectivity index (χ0n) is 14.6. The monoisotopic (exact) mass is 354 g/mol. The Kier molecular flexibility index (Phi) is 5.67. The summed E-state index contributed by atoms with van der Waals surface area (Å²) in [4.78, 5) is 12.2. The number of nitrogens with zero attached hydrogens (tertiary/aromatic N) is 2. The van der Waals surface area contributed by atoms with E-state index in [0.717, 1.165) is 29.1 Å². The number of para-hydroxylation sites is 2. The number of benzene rings is 2. The third kappa shape index (κ3) is 4.62. The lowest BCUT2D eigenvalue weighted by Gasteiger charge is -2.24. The fourth-order valence-electron chi connectivity index (χ4n) is 3.07. The number of hydrogen-bond acceptors (Lipinski definition) is 5. The van der Waals surface area contributed by atoms with Gasteiger partial charge in [-0.3, -0.25) is 4.79 Å². The summed E-state index contributed by atoms with van der Waals surface area (Å²) < 4.78 is 0. The van der Waals surface area contributed by atoms with E-state index < -0.39 is 0 Å². The van der Waals surface area contributed by atoms with Crippen LogP contribution in [0.5, 0.6) is 0 Å². The smallest absolute Gasteiger partial charge is 0.158 e. The molecule has 0 aliphatic heterocycles. The lowest BCUT2D eigenvalue weighted by Crippen LogP contribution is -2.17. The molecule has 1 aliphatic rings. The van der Waals surface area contributed by atoms with E-state index in [9.17, 15) is 4.79 Å². The first-order valence-corrected chi connectivity index (χ1v) is 8.61. The molecular formula is C22H18N4O. The molecule has 0 radical (unpaired) electrons. The van der Waals surface area contributed by atoms with Crippen molar-refractivity contribution in [1.82, 2.24) is 0 Å². The number of ketones is 1. The second-order valence-electron chi connectivity index (χ2n) is 6.25. The maximum Gasteiger partial charge on any atom is 0.158 e. The van der Waals surface area contributed by atoms with E-state index in [0.29, 0.717) is 6.42 Å². The van der Waals surface area contributed by atoms with Crippen molar-refractivity contribution in [2.45, 2.75) is 18.8 Å². The average Bonchev–Trinajstić information content (AvgIpc) is 2.70. The molecular weight excluding hydrogens is 336 g/mol. The number of carbonyl (C=O) groups excluding carboxylic acids is 1. The van der Waals surface area contributed by atoms with Crippen LogP contribution in [0, 0.1) is 22.7 Å². The Morgan fingerprint density at radius 1 is 0.963 bits per heavy atom. The summed E-state index contributed by atoms with van der Waals surface area (Å²) in [6.45, 7) is 0. The molecule has 5 nitrogen and oxygen atoms in total. The van der Waals surface area contributed by atoms with Crippen LogP contribution in [0.1, 0.15) is 24.3 Å². The van der Waals surface area contributed by atoms with Crippen molar-refractivity contribution in [3.63, 3.8) is 0 Å². The van der Waals surface area contributed by atoms with Gasteiger partial charge in [0.05, 0.1) is 11.4 Å². The van der Waals surface area contributed by atoms with Gasteiger partial charge < -0.3 is 10.6 Å². The van der Waals surface area contributed by atoms with Crippen molar-refractivity contribution in [2.75, 3.05) is 10.6 Å². The molecule has 2 aromatic carbocycles. The standard InChI is InChI=1S/C22H18N4O/c23-13-16(14-24)15-25-21-8-4-5-9-22(21)26-19-10-18(11-20(27)12-19)17-6-2-1-3-7-17/h1-9,12,15,18,25-26H,10-11H2. The molecule has 1 unspecified atom stereocenters. The molecule has 3 rings (SSSR count). The predicted octanol–water partition coefficient (Wildman–Crippen LogP) is 4.47. The molecule has 0 saturated heterocycles. The van der Waals surface area contributed by atoms with Crippen LogP contribution < -0.4 is 10.6 Å². The van der Waals surface area contributed by atoms with Gasteiger partial charge in [0.2, 0.25) is 0 Å².